The van der Waals surface area contributed by atoms with Crippen LogP contribution in [0.25, 0.3) is 5.57 Å². The number of carbonyl (C=O) groups is 3. The molecule has 0 aliphatic carbocycles. The minimum Gasteiger partial charge on any atom is -0.444 e. The predicted molar refractivity (Wildman–Crippen MR) is 166 cm³/mol. The van der Waals surface area contributed by atoms with Crippen LogP contribution in [0.4, 0.5) is 25.4 Å². The maximum absolute atomic E-state index is 15.1. The Labute approximate surface area is 257 Å². The number of halogens is 2. The van der Waals surface area contributed by atoms with Crippen molar-refractivity contribution in [1.29, 1.82) is 0 Å². The number of nitrogens with zero attached hydrogens (tertiary/aromatic N) is 3. The van der Waals surface area contributed by atoms with Crippen molar-refractivity contribution < 1.29 is 28.2 Å². The van der Waals surface area contributed by atoms with Gasteiger partial charge in [-0.25, -0.2) is 14.0 Å². The highest BCUT2D eigenvalue weighted by Gasteiger charge is 2.27. The second-order valence-electron chi connectivity index (χ2n) is 12.7. The molecule has 0 saturated carbocycles. The van der Waals surface area contributed by atoms with E-state index in [9.17, 15) is 14.4 Å². The molecule has 0 spiro atoms. The first kappa shape index (κ1) is 32.1. The van der Waals surface area contributed by atoms with Crippen LogP contribution < -0.4 is 10.2 Å². The fourth-order valence-electron chi connectivity index (χ4n) is 4.82. The van der Waals surface area contributed by atoms with Gasteiger partial charge in [-0.05, 0) is 83.9 Å². The predicted octanol–water partition coefficient (Wildman–Crippen LogP) is 6.81. The van der Waals surface area contributed by atoms with Crippen molar-refractivity contribution in [3.8, 4) is 0 Å². The Hall–Kier alpha value is -3.79. The van der Waals surface area contributed by atoms with Crippen LogP contribution in [0.15, 0.2) is 42.5 Å². The summed E-state index contributed by atoms with van der Waals surface area (Å²) in [6.45, 7) is 13.9. The Kier molecular flexibility index (Phi) is 9.59. The molecule has 1 N–H and O–H groups in total. The third-order valence-electron chi connectivity index (χ3n) is 6.92. The lowest BCUT2D eigenvalue weighted by Crippen LogP contribution is -2.50. The molecular formula is C32H40ClFN4O5. The molecule has 43 heavy (non-hydrogen) atoms. The van der Waals surface area contributed by atoms with Crippen LogP contribution in [0.3, 0.4) is 0 Å². The molecule has 3 amide bonds. The zero-order chi connectivity index (χ0) is 31.5. The summed E-state index contributed by atoms with van der Waals surface area (Å²) < 4.78 is 26.0. The fourth-order valence-corrected chi connectivity index (χ4v) is 5.12. The summed E-state index contributed by atoms with van der Waals surface area (Å²) in [7, 11) is 0. The number of hydrogen-bond donors (Lipinski definition) is 1. The Bertz CT molecular complexity index is 1410. The van der Waals surface area contributed by atoms with Crippen LogP contribution in [0.2, 0.25) is 5.02 Å². The van der Waals surface area contributed by atoms with Gasteiger partial charge in [0, 0.05) is 56.1 Å². The number of ether oxygens (including phenoxy) is 2. The molecule has 11 heteroatoms. The summed E-state index contributed by atoms with van der Waals surface area (Å²) >= 11 is 6.57. The Morgan fingerprint density at radius 2 is 1.47 bits per heavy atom. The number of rotatable bonds is 4. The van der Waals surface area contributed by atoms with Crippen LogP contribution in [-0.4, -0.2) is 78.4 Å². The van der Waals surface area contributed by atoms with Crippen molar-refractivity contribution in [3.63, 3.8) is 0 Å². The first-order valence-electron chi connectivity index (χ1n) is 14.4. The first-order valence-corrected chi connectivity index (χ1v) is 14.8. The Balaban J connectivity index is 1.34. The lowest BCUT2D eigenvalue weighted by Gasteiger charge is -2.37. The normalized spacial score (nSPS) is 16.0. The largest absolute Gasteiger partial charge is 0.444 e. The van der Waals surface area contributed by atoms with Crippen molar-refractivity contribution in [3.05, 3.63) is 64.4 Å². The molecule has 4 rings (SSSR count). The maximum Gasteiger partial charge on any atom is 0.410 e. The van der Waals surface area contributed by atoms with Crippen molar-refractivity contribution in [1.82, 2.24) is 9.80 Å². The van der Waals surface area contributed by atoms with Gasteiger partial charge in [0.25, 0.3) is 5.91 Å². The maximum atomic E-state index is 15.1. The van der Waals surface area contributed by atoms with Crippen LogP contribution in [-0.2, 0) is 9.47 Å². The molecular weight excluding hydrogens is 575 g/mol. The van der Waals surface area contributed by atoms with E-state index in [0.29, 0.717) is 62.0 Å². The van der Waals surface area contributed by atoms with Crippen LogP contribution >= 0.6 is 11.6 Å². The molecule has 2 aromatic rings. The van der Waals surface area contributed by atoms with Gasteiger partial charge in [0.1, 0.15) is 17.0 Å². The molecule has 2 aliphatic rings. The van der Waals surface area contributed by atoms with E-state index in [4.69, 9.17) is 21.1 Å². The molecule has 232 valence electrons. The molecule has 2 heterocycles. The van der Waals surface area contributed by atoms with Gasteiger partial charge in [-0.1, -0.05) is 23.7 Å². The zero-order valence-corrected chi connectivity index (χ0v) is 26.4. The highest BCUT2D eigenvalue weighted by atomic mass is 35.5. The monoisotopic (exact) mass is 614 g/mol. The molecule has 0 unspecified atom stereocenters. The highest BCUT2D eigenvalue weighted by molar-refractivity contribution is 6.33. The molecule has 9 nitrogen and oxygen atoms in total. The summed E-state index contributed by atoms with van der Waals surface area (Å²) in [6, 6.07) is 9.60. The Morgan fingerprint density at radius 3 is 2.00 bits per heavy atom. The zero-order valence-electron chi connectivity index (χ0n) is 25.6. The lowest BCUT2D eigenvalue weighted by molar-refractivity contribution is 0.0237. The van der Waals surface area contributed by atoms with E-state index in [2.05, 4.69) is 10.2 Å². The quantitative estimate of drug-likeness (QED) is 0.407. The summed E-state index contributed by atoms with van der Waals surface area (Å²) in [5, 5.41) is 3.24. The first-order chi connectivity index (χ1) is 20.1. The average Bonchev–Trinajstić information content (AvgIpc) is 2.91. The van der Waals surface area contributed by atoms with Crippen molar-refractivity contribution >= 4 is 46.6 Å². The van der Waals surface area contributed by atoms with E-state index in [1.807, 2.05) is 53.7 Å². The van der Waals surface area contributed by atoms with Gasteiger partial charge < -0.3 is 29.5 Å². The molecule has 0 atom stereocenters. The number of carbonyl (C=O) groups excluding carboxylic acids is 3. The molecule has 1 fully saturated rings. The number of piperazine rings is 1. The van der Waals surface area contributed by atoms with Gasteiger partial charge in [0.15, 0.2) is 0 Å². The molecule has 0 bridgehead atoms. The van der Waals surface area contributed by atoms with Gasteiger partial charge in [-0.15, -0.1) is 0 Å². The van der Waals surface area contributed by atoms with E-state index in [-0.39, 0.29) is 11.7 Å². The summed E-state index contributed by atoms with van der Waals surface area (Å²) in [4.78, 5) is 42.9. The van der Waals surface area contributed by atoms with Gasteiger partial charge in [-0.2, -0.15) is 0 Å². The smallest absolute Gasteiger partial charge is 0.410 e. The average molecular weight is 615 g/mol. The van der Waals surface area contributed by atoms with E-state index in [0.717, 1.165) is 11.3 Å². The minimum atomic E-state index is -0.586. The Morgan fingerprint density at radius 1 is 0.837 bits per heavy atom. The number of nitrogens with one attached hydrogen (secondary N) is 1. The third kappa shape index (κ3) is 8.63. The minimum absolute atomic E-state index is 0.173. The fraction of sp³-hybridized carbons (Fsp3) is 0.469. The van der Waals surface area contributed by atoms with Gasteiger partial charge in [0.2, 0.25) is 0 Å². The van der Waals surface area contributed by atoms with Gasteiger partial charge >= 0.3 is 12.2 Å². The summed E-state index contributed by atoms with van der Waals surface area (Å²) in [6.07, 6.45) is 1.56. The molecule has 0 aromatic heterocycles. The second kappa shape index (κ2) is 12.8. The number of hydrogen-bond acceptors (Lipinski definition) is 6. The molecule has 2 aliphatic heterocycles. The van der Waals surface area contributed by atoms with Crippen LogP contribution in [0.1, 0.15) is 63.9 Å². The molecule has 2 aromatic carbocycles. The number of anilines is 2. The van der Waals surface area contributed by atoms with E-state index in [1.54, 1.807) is 34.1 Å². The lowest BCUT2D eigenvalue weighted by atomic mass is 9.97. The van der Waals surface area contributed by atoms with Crippen LogP contribution in [0, 0.1) is 5.82 Å². The SMILES string of the molecule is CC(C)(C)OC(=O)N1CC=C(c2ccc(C(=O)Nc3ccc(N4CCN(C(=O)OC(C)(C)C)CC4)c(Cl)c3)cc2F)CC1. The highest BCUT2D eigenvalue weighted by Crippen LogP contribution is 2.31. The van der Waals surface area contributed by atoms with E-state index in [1.165, 1.54) is 6.07 Å². The summed E-state index contributed by atoms with van der Waals surface area (Å²) in [5.74, 6) is -0.975. The van der Waals surface area contributed by atoms with Gasteiger partial charge in [-0.3, -0.25) is 4.79 Å². The molecule has 1 saturated heterocycles. The van der Waals surface area contributed by atoms with Crippen LogP contribution in [0.5, 0.6) is 0 Å². The van der Waals surface area contributed by atoms with Crippen molar-refractivity contribution in [2.24, 2.45) is 0 Å². The van der Waals surface area contributed by atoms with E-state index >= 15 is 4.39 Å². The van der Waals surface area contributed by atoms with Crippen molar-refractivity contribution in [2.45, 2.75) is 59.2 Å². The van der Waals surface area contributed by atoms with Crippen molar-refractivity contribution in [2.75, 3.05) is 49.5 Å². The summed E-state index contributed by atoms with van der Waals surface area (Å²) in [5.41, 5.74) is 1.49. The van der Waals surface area contributed by atoms with E-state index < -0.39 is 29.0 Å². The standard InChI is InChI=1S/C32H40ClFN4O5/c1-31(2,3)42-29(40)37-13-11-21(12-14-37)24-9-7-22(19-26(24)34)28(39)35-23-8-10-27(25(33)20-23)36-15-17-38(18-16-36)30(41)43-32(4,5)6/h7-11,19-20H,12-18H2,1-6H3,(H,35,39). The van der Waals surface area contributed by atoms with Gasteiger partial charge in [0.05, 0.1) is 10.7 Å². The topological polar surface area (TPSA) is 91.4 Å². The second-order valence-corrected chi connectivity index (χ2v) is 13.1. The molecule has 0 radical (unpaired) electrons. The number of benzene rings is 2. The number of amides is 3. The third-order valence-corrected chi connectivity index (χ3v) is 7.22.